The van der Waals surface area contributed by atoms with E-state index < -0.39 is 0 Å². The van der Waals surface area contributed by atoms with Crippen LogP contribution in [0, 0.1) is 11.3 Å². The summed E-state index contributed by atoms with van der Waals surface area (Å²) in [4.78, 5) is 4.22. The molecule has 5 nitrogen and oxygen atoms in total. The van der Waals surface area contributed by atoms with Gasteiger partial charge in [-0.3, -0.25) is 5.43 Å². The van der Waals surface area contributed by atoms with Crippen LogP contribution >= 0.6 is 0 Å². The Kier molecular flexibility index (Phi) is 1.84. The summed E-state index contributed by atoms with van der Waals surface area (Å²) >= 11 is 0. The zero-order valence-electron chi connectivity index (χ0n) is 7.65. The van der Waals surface area contributed by atoms with E-state index in [-0.39, 0.29) is 0 Å². The van der Waals surface area contributed by atoms with Crippen LogP contribution in [0.4, 0.5) is 5.95 Å². The highest BCUT2D eigenvalue weighted by Gasteiger charge is 2.06. The number of hydrogen-bond donors (Lipinski definition) is 2. The molecule has 0 aliphatic rings. The number of aryl methyl sites for hydroxylation is 1. The lowest BCUT2D eigenvalue weighted by molar-refractivity contribution is 0.942. The molecular weight excluding hydrogens is 178 g/mol. The van der Waals surface area contributed by atoms with E-state index in [9.17, 15) is 0 Å². The van der Waals surface area contributed by atoms with Crippen molar-refractivity contribution in [3.8, 4) is 6.07 Å². The van der Waals surface area contributed by atoms with Gasteiger partial charge in [-0.2, -0.15) is 5.26 Å². The monoisotopic (exact) mass is 187 g/mol. The molecule has 0 saturated carbocycles. The van der Waals surface area contributed by atoms with Crippen LogP contribution in [-0.4, -0.2) is 9.55 Å². The summed E-state index contributed by atoms with van der Waals surface area (Å²) < 4.78 is 1.80. The van der Waals surface area contributed by atoms with Gasteiger partial charge in [-0.05, 0) is 18.2 Å². The second kappa shape index (κ2) is 3.01. The van der Waals surface area contributed by atoms with Crippen LogP contribution < -0.4 is 11.3 Å². The third kappa shape index (κ3) is 1.09. The molecular formula is C9H9N5. The zero-order chi connectivity index (χ0) is 10.1. The fraction of sp³-hybridized carbons (Fsp3) is 0.111. The number of imidazole rings is 1. The number of rotatable bonds is 1. The quantitative estimate of drug-likeness (QED) is 0.509. The van der Waals surface area contributed by atoms with Crippen molar-refractivity contribution in [3.63, 3.8) is 0 Å². The van der Waals surface area contributed by atoms with Gasteiger partial charge in [0.05, 0.1) is 22.7 Å². The van der Waals surface area contributed by atoms with Crippen molar-refractivity contribution < 1.29 is 0 Å². The first kappa shape index (κ1) is 8.53. The Balaban J connectivity index is 2.75. The predicted molar refractivity (Wildman–Crippen MR) is 53.2 cm³/mol. The van der Waals surface area contributed by atoms with Gasteiger partial charge in [0.25, 0.3) is 0 Å². The lowest BCUT2D eigenvalue weighted by atomic mass is 10.2. The fourth-order valence-corrected chi connectivity index (χ4v) is 1.39. The Morgan fingerprint density at radius 3 is 3.00 bits per heavy atom. The number of nitriles is 1. The Morgan fingerprint density at radius 1 is 1.57 bits per heavy atom. The van der Waals surface area contributed by atoms with Crippen molar-refractivity contribution in [2.45, 2.75) is 0 Å². The topological polar surface area (TPSA) is 79.7 Å². The minimum absolute atomic E-state index is 0.579. The first-order chi connectivity index (χ1) is 6.76. The van der Waals surface area contributed by atoms with Crippen molar-refractivity contribution in [3.05, 3.63) is 23.8 Å². The van der Waals surface area contributed by atoms with Gasteiger partial charge in [0.1, 0.15) is 0 Å². The molecule has 70 valence electrons. The van der Waals surface area contributed by atoms with Gasteiger partial charge in [0, 0.05) is 7.05 Å². The molecule has 0 unspecified atom stereocenters. The third-order valence-corrected chi connectivity index (χ3v) is 2.14. The van der Waals surface area contributed by atoms with Gasteiger partial charge in [0.2, 0.25) is 5.95 Å². The van der Waals surface area contributed by atoms with Crippen LogP contribution in [0.1, 0.15) is 5.56 Å². The van der Waals surface area contributed by atoms with E-state index in [1.165, 1.54) is 0 Å². The third-order valence-electron chi connectivity index (χ3n) is 2.14. The summed E-state index contributed by atoms with van der Waals surface area (Å²) in [6.45, 7) is 0. The lowest BCUT2D eigenvalue weighted by Crippen LogP contribution is -2.11. The largest absolute Gasteiger partial charge is 0.312 e. The number of hydrogen-bond acceptors (Lipinski definition) is 4. The molecule has 0 bridgehead atoms. The smallest absolute Gasteiger partial charge is 0.218 e. The zero-order valence-corrected chi connectivity index (χ0v) is 7.65. The first-order valence-corrected chi connectivity index (χ1v) is 4.09. The van der Waals surface area contributed by atoms with E-state index in [0.29, 0.717) is 11.5 Å². The van der Waals surface area contributed by atoms with E-state index in [0.717, 1.165) is 11.0 Å². The maximum absolute atomic E-state index is 8.73. The SMILES string of the molecule is Cn1c(NN)nc2ccc(C#N)cc21. The van der Waals surface area contributed by atoms with E-state index in [1.54, 1.807) is 22.8 Å². The maximum Gasteiger partial charge on any atom is 0.218 e. The van der Waals surface area contributed by atoms with Crippen molar-refractivity contribution in [1.82, 2.24) is 9.55 Å². The number of nitrogen functional groups attached to an aromatic ring is 1. The molecule has 14 heavy (non-hydrogen) atoms. The molecule has 1 aromatic heterocycles. The minimum atomic E-state index is 0.579. The average Bonchev–Trinajstić information content (AvgIpc) is 2.55. The molecule has 1 aromatic carbocycles. The molecule has 0 saturated heterocycles. The van der Waals surface area contributed by atoms with Crippen molar-refractivity contribution in [1.29, 1.82) is 5.26 Å². The van der Waals surface area contributed by atoms with E-state index in [4.69, 9.17) is 11.1 Å². The second-order valence-corrected chi connectivity index (χ2v) is 2.95. The molecule has 0 spiro atoms. The van der Waals surface area contributed by atoms with E-state index in [1.807, 2.05) is 7.05 Å². The number of nitrogens with one attached hydrogen (secondary N) is 1. The first-order valence-electron chi connectivity index (χ1n) is 4.09. The molecule has 2 rings (SSSR count). The number of hydrazine groups is 1. The Bertz CT molecular complexity index is 520. The van der Waals surface area contributed by atoms with Crippen LogP contribution in [-0.2, 0) is 7.05 Å². The number of fused-ring (bicyclic) bond motifs is 1. The summed E-state index contributed by atoms with van der Waals surface area (Å²) in [7, 11) is 1.84. The van der Waals surface area contributed by atoms with Crippen LogP contribution in [0.15, 0.2) is 18.2 Å². The standard InChI is InChI=1S/C9H9N5/c1-14-8-4-6(5-10)2-3-7(8)12-9(14)13-11/h2-4H,11H2,1H3,(H,12,13). The molecule has 5 heteroatoms. The average molecular weight is 187 g/mol. The summed E-state index contributed by atoms with van der Waals surface area (Å²) in [6.07, 6.45) is 0. The van der Waals surface area contributed by atoms with E-state index >= 15 is 0 Å². The fourth-order valence-electron chi connectivity index (χ4n) is 1.39. The van der Waals surface area contributed by atoms with Gasteiger partial charge in [-0.15, -0.1) is 0 Å². The highest BCUT2D eigenvalue weighted by molar-refractivity contribution is 5.79. The van der Waals surface area contributed by atoms with Gasteiger partial charge in [-0.25, -0.2) is 10.8 Å². The molecule has 0 amide bonds. The molecule has 0 aliphatic heterocycles. The molecule has 1 heterocycles. The number of anilines is 1. The summed E-state index contributed by atoms with van der Waals surface area (Å²) in [5.41, 5.74) is 4.81. The predicted octanol–water partition coefficient (Wildman–Crippen LogP) is 0.731. The van der Waals surface area contributed by atoms with Gasteiger partial charge in [0.15, 0.2) is 0 Å². The molecule has 0 aliphatic carbocycles. The Hall–Kier alpha value is -2.06. The highest BCUT2D eigenvalue weighted by atomic mass is 15.3. The van der Waals surface area contributed by atoms with Gasteiger partial charge >= 0.3 is 0 Å². The summed E-state index contributed by atoms with van der Waals surface area (Å²) in [5, 5.41) is 8.73. The van der Waals surface area contributed by atoms with E-state index in [2.05, 4.69) is 16.5 Å². The van der Waals surface area contributed by atoms with Crippen LogP contribution in [0.25, 0.3) is 11.0 Å². The maximum atomic E-state index is 8.73. The number of nitrogens with two attached hydrogens (primary N) is 1. The molecule has 0 fully saturated rings. The molecule has 2 aromatic rings. The second-order valence-electron chi connectivity index (χ2n) is 2.95. The van der Waals surface area contributed by atoms with Gasteiger partial charge < -0.3 is 4.57 Å². The molecule has 0 radical (unpaired) electrons. The number of nitrogens with zero attached hydrogens (tertiary/aromatic N) is 3. The minimum Gasteiger partial charge on any atom is -0.312 e. The lowest BCUT2D eigenvalue weighted by Gasteiger charge is -1.98. The number of aromatic nitrogens is 2. The molecule has 3 N–H and O–H groups in total. The summed E-state index contributed by atoms with van der Waals surface area (Å²) in [6, 6.07) is 7.39. The van der Waals surface area contributed by atoms with Crippen LogP contribution in [0.3, 0.4) is 0 Å². The van der Waals surface area contributed by atoms with Crippen LogP contribution in [0.2, 0.25) is 0 Å². The normalized spacial score (nSPS) is 10.1. The van der Waals surface area contributed by atoms with Crippen molar-refractivity contribution >= 4 is 17.0 Å². The van der Waals surface area contributed by atoms with Crippen molar-refractivity contribution in [2.75, 3.05) is 5.43 Å². The molecule has 0 atom stereocenters. The van der Waals surface area contributed by atoms with Gasteiger partial charge in [-0.1, -0.05) is 0 Å². The number of benzene rings is 1. The van der Waals surface area contributed by atoms with Crippen LogP contribution in [0.5, 0.6) is 0 Å². The van der Waals surface area contributed by atoms with Crippen molar-refractivity contribution in [2.24, 2.45) is 12.9 Å². The highest BCUT2D eigenvalue weighted by Crippen LogP contribution is 2.18. The summed E-state index contributed by atoms with van der Waals surface area (Å²) in [5.74, 6) is 5.87. The Morgan fingerprint density at radius 2 is 2.36 bits per heavy atom. The Labute approximate surface area is 80.7 Å².